The SMILES string of the molecule is O=C(c1cnc2c(c1)N(Cc1ccccn1)C(=O)CN2)N1CC=C(c2ccccc2)CC1. The minimum atomic E-state index is -0.0838. The van der Waals surface area contributed by atoms with E-state index in [9.17, 15) is 9.59 Å². The molecule has 2 aromatic heterocycles. The normalized spacial score (nSPS) is 15.6. The van der Waals surface area contributed by atoms with Crippen molar-refractivity contribution in [1.29, 1.82) is 0 Å². The lowest BCUT2D eigenvalue weighted by molar-refractivity contribution is -0.117. The van der Waals surface area contributed by atoms with Gasteiger partial charge in [0.15, 0.2) is 5.82 Å². The zero-order valence-corrected chi connectivity index (χ0v) is 17.6. The maximum atomic E-state index is 13.2. The van der Waals surface area contributed by atoms with Crippen molar-refractivity contribution in [1.82, 2.24) is 14.9 Å². The van der Waals surface area contributed by atoms with Crippen LogP contribution in [0.15, 0.2) is 73.1 Å². The van der Waals surface area contributed by atoms with E-state index in [1.165, 1.54) is 11.1 Å². The van der Waals surface area contributed by atoms with Crippen LogP contribution in [0.4, 0.5) is 11.5 Å². The molecule has 3 aromatic rings. The van der Waals surface area contributed by atoms with Crippen LogP contribution in [0.25, 0.3) is 5.57 Å². The molecule has 0 bridgehead atoms. The molecule has 0 spiro atoms. The van der Waals surface area contributed by atoms with Crippen molar-refractivity contribution in [2.45, 2.75) is 13.0 Å². The van der Waals surface area contributed by atoms with E-state index in [0.29, 0.717) is 36.7 Å². The van der Waals surface area contributed by atoms with Crippen molar-refractivity contribution in [3.8, 4) is 0 Å². The van der Waals surface area contributed by atoms with Gasteiger partial charge in [0, 0.05) is 25.5 Å². The highest BCUT2D eigenvalue weighted by Crippen LogP contribution is 2.30. The average molecular weight is 425 g/mol. The number of hydrogen-bond acceptors (Lipinski definition) is 5. The monoisotopic (exact) mass is 425 g/mol. The lowest BCUT2D eigenvalue weighted by Gasteiger charge is -2.30. The van der Waals surface area contributed by atoms with Crippen LogP contribution in [0.1, 0.15) is 28.0 Å². The van der Waals surface area contributed by atoms with Gasteiger partial charge in [-0.05, 0) is 35.8 Å². The first-order valence-corrected chi connectivity index (χ1v) is 10.7. The van der Waals surface area contributed by atoms with Gasteiger partial charge < -0.3 is 15.1 Å². The maximum Gasteiger partial charge on any atom is 0.255 e. The van der Waals surface area contributed by atoms with Gasteiger partial charge in [0.2, 0.25) is 5.91 Å². The zero-order chi connectivity index (χ0) is 21.9. The maximum absolute atomic E-state index is 13.2. The van der Waals surface area contributed by atoms with E-state index < -0.39 is 0 Å². The highest BCUT2D eigenvalue weighted by molar-refractivity contribution is 6.04. The minimum absolute atomic E-state index is 0.0806. The molecule has 1 aromatic carbocycles. The van der Waals surface area contributed by atoms with Crippen molar-refractivity contribution < 1.29 is 9.59 Å². The predicted octanol–water partition coefficient (Wildman–Crippen LogP) is 3.36. The van der Waals surface area contributed by atoms with Crippen LogP contribution >= 0.6 is 0 Å². The van der Waals surface area contributed by atoms with Gasteiger partial charge >= 0.3 is 0 Å². The summed E-state index contributed by atoms with van der Waals surface area (Å²) in [5.74, 6) is 0.435. The summed E-state index contributed by atoms with van der Waals surface area (Å²) in [5.41, 5.74) is 4.32. The fourth-order valence-corrected chi connectivity index (χ4v) is 4.08. The molecule has 7 nitrogen and oxygen atoms in total. The molecule has 0 unspecified atom stereocenters. The van der Waals surface area contributed by atoms with E-state index >= 15 is 0 Å². The van der Waals surface area contributed by atoms with Crippen LogP contribution in [0.3, 0.4) is 0 Å². The number of nitrogens with zero attached hydrogens (tertiary/aromatic N) is 4. The van der Waals surface area contributed by atoms with E-state index in [2.05, 4.69) is 33.5 Å². The second kappa shape index (κ2) is 8.63. The lowest BCUT2D eigenvalue weighted by atomic mass is 9.99. The molecule has 2 aliphatic heterocycles. The molecule has 0 radical (unpaired) electrons. The number of hydrogen-bond donors (Lipinski definition) is 1. The first kappa shape index (κ1) is 19.9. The molecule has 160 valence electrons. The van der Waals surface area contributed by atoms with Crippen LogP contribution in [0, 0.1) is 0 Å². The van der Waals surface area contributed by atoms with Gasteiger partial charge in [-0.3, -0.25) is 14.6 Å². The number of fused-ring (bicyclic) bond motifs is 1. The Hall–Kier alpha value is -4.00. The molecule has 2 amide bonds. The molecular weight excluding hydrogens is 402 g/mol. The fourth-order valence-electron chi connectivity index (χ4n) is 4.08. The molecule has 0 atom stereocenters. The van der Waals surface area contributed by atoms with E-state index in [-0.39, 0.29) is 18.4 Å². The molecule has 0 aliphatic carbocycles. The molecule has 7 heteroatoms. The number of carbonyl (C=O) groups is 2. The Morgan fingerprint density at radius 3 is 2.66 bits per heavy atom. The number of aromatic nitrogens is 2. The Kier molecular flexibility index (Phi) is 5.37. The summed E-state index contributed by atoms with van der Waals surface area (Å²) in [7, 11) is 0. The van der Waals surface area contributed by atoms with Crippen LogP contribution in [0.2, 0.25) is 0 Å². The highest BCUT2D eigenvalue weighted by Gasteiger charge is 2.28. The lowest BCUT2D eigenvalue weighted by Crippen LogP contribution is -2.40. The quantitative estimate of drug-likeness (QED) is 0.694. The van der Waals surface area contributed by atoms with Gasteiger partial charge in [0.25, 0.3) is 5.91 Å². The molecule has 5 rings (SSSR count). The Morgan fingerprint density at radius 1 is 1.06 bits per heavy atom. The number of carbonyl (C=O) groups excluding carboxylic acids is 2. The smallest absolute Gasteiger partial charge is 0.255 e. The third kappa shape index (κ3) is 3.97. The van der Waals surface area contributed by atoms with Crippen molar-refractivity contribution in [2.75, 3.05) is 29.9 Å². The number of nitrogens with one attached hydrogen (secondary N) is 1. The Labute approximate surface area is 186 Å². The van der Waals surface area contributed by atoms with Gasteiger partial charge in [-0.2, -0.15) is 0 Å². The van der Waals surface area contributed by atoms with E-state index in [1.54, 1.807) is 23.4 Å². The third-order valence-corrected chi connectivity index (χ3v) is 5.80. The first-order valence-electron chi connectivity index (χ1n) is 10.7. The largest absolute Gasteiger partial charge is 0.359 e. The summed E-state index contributed by atoms with van der Waals surface area (Å²) in [6, 6.07) is 17.6. The highest BCUT2D eigenvalue weighted by atomic mass is 16.2. The number of benzene rings is 1. The van der Waals surface area contributed by atoms with Crippen LogP contribution in [-0.4, -0.2) is 46.3 Å². The Bertz CT molecular complexity index is 1180. The summed E-state index contributed by atoms with van der Waals surface area (Å²) in [4.78, 5) is 38.0. The third-order valence-electron chi connectivity index (χ3n) is 5.80. The van der Waals surface area contributed by atoms with E-state index in [4.69, 9.17) is 0 Å². The summed E-state index contributed by atoms with van der Waals surface area (Å²) >= 11 is 0. The molecule has 1 N–H and O–H groups in total. The van der Waals surface area contributed by atoms with Crippen molar-refractivity contribution in [3.05, 3.63) is 89.9 Å². The van der Waals surface area contributed by atoms with Crippen LogP contribution < -0.4 is 10.2 Å². The topological polar surface area (TPSA) is 78.4 Å². The fraction of sp³-hybridized carbons (Fsp3) is 0.200. The standard InChI is InChI=1S/C25H23N5O2/c31-23-16-28-24-22(30(23)17-21-8-4-5-11-26-21)14-20(15-27-24)25(32)29-12-9-19(10-13-29)18-6-2-1-3-7-18/h1-9,11,14-15H,10,12-13,16-17H2,(H,27,28). The molecule has 4 heterocycles. The predicted molar refractivity (Wildman–Crippen MR) is 123 cm³/mol. The molecule has 2 aliphatic rings. The molecular formula is C25H23N5O2. The number of pyridine rings is 2. The summed E-state index contributed by atoms with van der Waals surface area (Å²) in [6.45, 7) is 1.69. The van der Waals surface area contributed by atoms with E-state index in [0.717, 1.165) is 12.1 Å². The van der Waals surface area contributed by atoms with Crippen molar-refractivity contribution in [3.63, 3.8) is 0 Å². The summed E-state index contributed by atoms with van der Waals surface area (Å²) < 4.78 is 0. The van der Waals surface area contributed by atoms with Gasteiger partial charge in [0.05, 0.1) is 30.0 Å². The van der Waals surface area contributed by atoms with Gasteiger partial charge in [-0.1, -0.05) is 42.5 Å². The second-order valence-electron chi connectivity index (χ2n) is 7.84. The summed E-state index contributed by atoms with van der Waals surface area (Å²) in [6.07, 6.45) is 6.20. The number of rotatable bonds is 4. The zero-order valence-electron chi connectivity index (χ0n) is 17.6. The van der Waals surface area contributed by atoms with Gasteiger partial charge in [0.1, 0.15) is 0 Å². The van der Waals surface area contributed by atoms with Crippen LogP contribution in [-0.2, 0) is 11.3 Å². The average Bonchev–Trinajstić information content (AvgIpc) is 2.86. The molecule has 0 saturated heterocycles. The molecule has 0 saturated carbocycles. The first-order chi connectivity index (χ1) is 15.7. The molecule has 32 heavy (non-hydrogen) atoms. The van der Waals surface area contributed by atoms with E-state index in [1.807, 2.05) is 41.3 Å². The number of amides is 2. The van der Waals surface area contributed by atoms with Crippen molar-refractivity contribution >= 4 is 28.9 Å². The minimum Gasteiger partial charge on any atom is -0.359 e. The van der Waals surface area contributed by atoms with Crippen LogP contribution in [0.5, 0.6) is 0 Å². The van der Waals surface area contributed by atoms with Gasteiger partial charge in [-0.15, -0.1) is 0 Å². The number of anilines is 2. The Morgan fingerprint density at radius 2 is 1.91 bits per heavy atom. The second-order valence-corrected chi connectivity index (χ2v) is 7.84. The summed E-state index contributed by atoms with van der Waals surface area (Å²) in [5, 5.41) is 3.04. The molecule has 0 fully saturated rings. The Balaban J connectivity index is 1.37. The van der Waals surface area contributed by atoms with Crippen molar-refractivity contribution in [2.24, 2.45) is 0 Å². The van der Waals surface area contributed by atoms with Gasteiger partial charge in [-0.25, -0.2) is 4.98 Å².